The lowest BCUT2D eigenvalue weighted by atomic mass is 9.85. The van der Waals surface area contributed by atoms with Crippen molar-refractivity contribution in [3.63, 3.8) is 0 Å². The van der Waals surface area contributed by atoms with E-state index in [2.05, 4.69) is 91.0 Å². The fraction of sp³-hybridized carbons (Fsp3) is 0. The van der Waals surface area contributed by atoms with E-state index in [4.69, 9.17) is 6.85 Å². The Morgan fingerprint density at radius 1 is 0.361 bits per heavy atom. The van der Waals surface area contributed by atoms with E-state index in [0.29, 0.717) is 5.56 Å². The zero-order valence-corrected chi connectivity index (χ0v) is 19.5. The Hall–Kier alpha value is -4.68. The van der Waals surface area contributed by atoms with Crippen molar-refractivity contribution in [2.24, 2.45) is 0 Å². The van der Waals surface area contributed by atoms with E-state index < -0.39 is 0 Å². The van der Waals surface area contributed by atoms with Crippen molar-refractivity contribution < 1.29 is 6.85 Å². The van der Waals surface area contributed by atoms with Gasteiger partial charge in [-0.05, 0) is 77.8 Å². The quantitative estimate of drug-likeness (QED) is 0.230. The van der Waals surface area contributed by atoms with Crippen molar-refractivity contribution >= 4 is 32.3 Å². The van der Waals surface area contributed by atoms with Gasteiger partial charge in [0.1, 0.15) is 0 Å². The molecule has 7 aromatic carbocycles. The highest BCUT2D eigenvalue weighted by Gasteiger charge is 2.16. The van der Waals surface area contributed by atoms with Crippen LogP contribution >= 0.6 is 0 Å². The zero-order chi connectivity index (χ0) is 28.2. The molecule has 0 unspecified atom stereocenters. The molecule has 0 saturated heterocycles. The minimum Gasteiger partial charge on any atom is -0.0622 e. The highest BCUT2D eigenvalue weighted by atomic mass is 14.2. The molecule has 0 nitrogen and oxygen atoms in total. The monoisotopic (exact) mass is 461 g/mol. The molecule has 0 N–H and O–H groups in total. The molecule has 0 aliphatic carbocycles. The van der Waals surface area contributed by atoms with E-state index in [1.807, 2.05) is 24.3 Å². The summed E-state index contributed by atoms with van der Waals surface area (Å²) in [7, 11) is 0. The molecule has 36 heavy (non-hydrogen) atoms. The summed E-state index contributed by atoms with van der Waals surface area (Å²) in [5.74, 6) is 0. The highest BCUT2D eigenvalue weighted by molar-refractivity contribution is 6.21. The molecule has 0 heteroatoms. The number of hydrogen-bond acceptors (Lipinski definition) is 0. The Kier molecular flexibility index (Phi) is 3.80. The summed E-state index contributed by atoms with van der Waals surface area (Å²) in [6, 6.07) is 38.2. The van der Waals surface area contributed by atoms with Gasteiger partial charge in [0.15, 0.2) is 0 Å². The summed E-state index contributed by atoms with van der Waals surface area (Å²) in [6.07, 6.45) is 0. The Balaban J connectivity index is 1.51. The van der Waals surface area contributed by atoms with Crippen LogP contribution in [0.15, 0.2) is 145 Å². The molecule has 0 heterocycles. The number of benzene rings is 7. The third-order valence-corrected chi connectivity index (χ3v) is 6.91. The van der Waals surface area contributed by atoms with Crippen molar-refractivity contribution in [2.45, 2.75) is 0 Å². The summed E-state index contributed by atoms with van der Waals surface area (Å²) < 4.78 is 41.1. The SMILES string of the molecule is [2H]c1c([2H])c([2H])c(-c2ccc3ccc(-c4c5ccccc5c(-c5ccccc5)c5ccccc45)cc3c2)c([2H])c1[2H]. The molecule has 0 atom stereocenters. The second-order valence-electron chi connectivity index (χ2n) is 8.98. The summed E-state index contributed by atoms with van der Waals surface area (Å²) in [4.78, 5) is 0. The first-order chi connectivity index (χ1) is 19.9. The molecule has 168 valence electrons. The van der Waals surface area contributed by atoms with Crippen LogP contribution in [0.4, 0.5) is 0 Å². The zero-order valence-electron chi connectivity index (χ0n) is 24.5. The summed E-state index contributed by atoms with van der Waals surface area (Å²) >= 11 is 0. The Morgan fingerprint density at radius 3 is 1.47 bits per heavy atom. The largest absolute Gasteiger partial charge is 0.0629 e. The molecule has 0 fully saturated rings. The molecule has 0 aromatic heterocycles. The van der Waals surface area contributed by atoms with Crippen LogP contribution in [0.5, 0.6) is 0 Å². The minimum absolute atomic E-state index is 0.194. The Morgan fingerprint density at radius 2 is 0.861 bits per heavy atom. The van der Waals surface area contributed by atoms with Crippen molar-refractivity contribution in [1.29, 1.82) is 0 Å². The van der Waals surface area contributed by atoms with Crippen LogP contribution in [0.25, 0.3) is 65.7 Å². The van der Waals surface area contributed by atoms with Crippen LogP contribution in [-0.2, 0) is 0 Å². The van der Waals surface area contributed by atoms with Gasteiger partial charge < -0.3 is 0 Å². The number of hydrogen-bond donors (Lipinski definition) is 0. The molecule has 0 amide bonds. The fourth-order valence-electron chi connectivity index (χ4n) is 5.31. The molecule has 0 radical (unpaired) electrons. The second-order valence-corrected chi connectivity index (χ2v) is 8.98. The first kappa shape index (κ1) is 16.1. The maximum atomic E-state index is 8.46. The first-order valence-electron chi connectivity index (χ1n) is 14.5. The van der Waals surface area contributed by atoms with Gasteiger partial charge >= 0.3 is 0 Å². The topological polar surface area (TPSA) is 0 Å². The third-order valence-electron chi connectivity index (χ3n) is 6.91. The minimum atomic E-state index is -0.385. The average Bonchev–Trinajstić information content (AvgIpc) is 3.01. The van der Waals surface area contributed by atoms with Crippen LogP contribution in [0.3, 0.4) is 0 Å². The maximum absolute atomic E-state index is 8.46. The van der Waals surface area contributed by atoms with E-state index in [1.165, 1.54) is 21.9 Å². The van der Waals surface area contributed by atoms with Gasteiger partial charge in [0.25, 0.3) is 0 Å². The van der Waals surface area contributed by atoms with Gasteiger partial charge in [-0.3, -0.25) is 0 Å². The van der Waals surface area contributed by atoms with Crippen molar-refractivity contribution in [1.82, 2.24) is 0 Å². The molecule has 0 spiro atoms. The van der Waals surface area contributed by atoms with Gasteiger partial charge in [0.05, 0.1) is 6.85 Å². The molecular weight excluding hydrogens is 432 g/mol. The lowest BCUT2D eigenvalue weighted by Gasteiger charge is -2.18. The van der Waals surface area contributed by atoms with Gasteiger partial charge in [-0.25, -0.2) is 0 Å². The van der Waals surface area contributed by atoms with Crippen LogP contribution in [0.1, 0.15) is 6.85 Å². The predicted octanol–water partition coefficient (Wildman–Crippen LogP) is 10.1. The predicted molar refractivity (Wildman–Crippen MR) is 155 cm³/mol. The van der Waals surface area contributed by atoms with Gasteiger partial charge in [0, 0.05) is 0 Å². The normalized spacial score (nSPS) is 13.3. The van der Waals surface area contributed by atoms with Crippen LogP contribution in [-0.4, -0.2) is 0 Å². The second kappa shape index (κ2) is 8.52. The Bertz CT molecular complexity index is 2060. The smallest absolute Gasteiger partial charge is 0.0622 e. The van der Waals surface area contributed by atoms with Gasteiger partial charge in [-0.1, -0.05) is 133 Å². The van der Waals surface area contributed by atoms with E-state index in [0.717, 1.165) is 32.7 Å². The fourth-order valence-corrected chi connectivity index (χ4v) is 5.31. The van der Waals surface area contributed by atoms with E-state index in [-0.39, 0.29) is 35.8 Å². The van der Waals surface area contributed by atoms with E-state index in [1.54, 1.807) is 0 Å². The highest BCUT2D eigenvalue weighted by Crippen LogP contribution is 2.44. The molecule has 7 rings (SSSR count). The molecule has 0 bridgehead atoms. The van der Waals surface area contributed by atoms with Crippen LogP contribution in [0, 0.1) is 0 Å². The molecule has 7 aromatic rings. The van der Waals surface area contributed by atoms with Crippen molar-refractivity contribution in [3.8, 4) is 33.4 Å². The summed E-state index contributed by atoms with van der Waals surface area (Å²) in [6.45, 7) is 0. The van der Waals surface area contributed by atoms with Crippen LogP contribution in [0.2, 0.25) is 0 Å². The molecule has 0 aliphatic rings. The third kappa shape index (κ3) is 3.39. The molecule has 0 saturated carbocycles. The maximum Gasteiger partial charge on any atom is 0.0629 e. The van der Waals surface area contributed by atoms with E-state index in [9.17, 15) is 0 Å². The standard InChI is InChI=1S/C36H24/c1-3-11-25(12-4-1)28-21-19-26-20-22-29(24-30(26)23-28)36-33-17-9-7-15-31(33)35(27-13-5-2-6-14-27)32-16-8-10-18-34(32)36/h1-24H/i1D,3D,4D,11D,12D. The van der Waals surface area contributed by atoms with Crippen LogP contribution < -0.4 is 0 Å². The van der Waals surface area contributed by atoms with Gasteiger partial charge in [-0.15, -0.1) is 0 Å². The molecular formula is C36H24. The van der Waals surface area contributed by atoms with Gasteiger partial charge in [0.2, 0.25) is 0 Å². The summed E-state index contributed by atoms with van der Waals surface area (Å²) in [5.41, 5.74) is 5.40. The van der Waals surface area contributed by atoms with Crippen molar-refractivity contribution in [2.75, 3.05) is 0 Å². The lowest BCUT2D eigenvalue weighted by molar-refractivity contribution is 1.64. The average molecular weight is 462 g/mol. The Labute approximate surface area is 218 Å². The lowest BCUT2D eigenvalue weighted by Crippen LogP contribution is -1.90. The van der Waals surface area contributed by atoms with Crippen molar-refractivity contribution in [3.05, 3.63) is 145 Å². The van der Waals surface area contributed by atoms with E-state index >= 15 is 0 Å². The molecule has 0 aliphatic heterocycles. The number of fused-ring (bicyclic) bond motifs is 3. The number of rotatable bonds is 3. The van der Waals surface area contributed by atoms with Gasteiger partial charge in [-0.2, -0.15) is 0 Å². The first-order valence-corrected chi connectivity index (χ1v) is 12.0. The summed E-state index contributed by atoms with van der Waals surface area (Å²) in [5, 5.41) is 6.63.